The molecule has 0 saturated carbocycles. The molecule has 0 radical (unpaired) electrons. The van der Waals surface area contributed by atoms with Crippen molar-refractivity contribution in [2.75, 3.05) is 27.4 Å². The van der Waals surface area contributed by atoms with Gasteiger partial charge in [0, 0.05) is 17.5 Å². The van der Waals surface area contributed by atoms with Gasteiger partial charge in [-0.1, -0.05) is 25.1 Å². The third kappa shape index (κ3) is 4.27. The summed E-state index contributed by atoms with van der Waals surface area (Å²) < 4.78 is 22.4. The van der Waals surface area contributed by atoms with Gasteiger partial charge in [0.2, 0.25) is 5.75 Å². The molecule has 3 rings (SSSR count). The summed E-state index contributed by atoms with van der Waals surface area (Å²) in [6.07, 6.45) is 1.97. The van der Waals surface area contributed by atoms with Crippen LogP contribution >= 0.6 is 0 Å². The van der Waals surface area contributed by atoms with Crippen molar-refractivity contribution in [1.82, 2.24) is 0 Å². The van der Waals surface area contributed by atoms with E-state index in [9.17, 15) is 9.59 Å². The number of fused-ring (bicyclic) bond motifs is 1. The fraction of sp³-hybridized carbons (Fsp3) is 0.417. The predicted octanol–water partition coefficient (Wildman–Crippen LogP) is 4.47. The fourth-order valence-electron chi connectivity index (χ4n) is 3.62. The molecular weight excluding hydrogens is 384 g/mol. The summed E-state index contributed by atoms with van der Waals surface area (Å²) in [4.78, 5) is 24.4. The highest BCUT2D eigenvalue weighted by atomic mass is 16.5. The highest BCUT2D eigenvalue weighted by molar-refractivity contribution is 6.02. The van der Waals surface area contributed by atoms with Crippen LogP contribution in [-0.2, 0) is 16.0 Å². The number of ether oxygens (including phenoxy) is 4. The van der Waals surface area contributed by atoms with Crippen LogP contribution in [0.15, 0.2) is 30.3 Å². The smallest absolute Gasteiger partial charge is 0.312 e. The fourth-order valence-corrected chi connectivity index (χ4v) is 3.62. The summed E-state index contributed by atoms with van der Waals surface area (Å²) >= 11 is 0. The minimum absolute atomic E-state index is 0.132. The molecule has 0 aliphatic heterocycles. The summed E-state index contributed by atoms with van der Waals surface area (Å²) in [7, 11) is 3.11. The molecule has 1 aliphatic rings. The van der Waals surface area contributed by atoms with Gasteiger partial charge in [0.05, 0.1) is 26.7 Å². The minimum Gasteiger partial charge on any atom is -0.493 e. The monoisotopic (exact) mass is 412 g/mol. The second kappa shape index (κ2) is 9.65. The van der Waals surface area contributed by atoms with Gasteiger partial charge < -0.3 is 18.9 Å². The van der Waals surface area contributed by atoms with E-state index in [4.69, 9.17) is 18.9 Å². The van der Waals surface area contributed by atoms with Crippen LogP contribution < -0.4 is 14.2 Å². The number of benzene rings is 2. The first-order valence-electron chi connectivity index (χ1n) is 10.2. The lowest BCUT2D eigenvalue weighted by atomic mass is 9.95. The summed E-state index contributed by atoms with van der Waals surface area (Å²) in [5.74, 6) is 0.879. The van der Waals surface area contributed by atoms with Gasteiger partial charge in [-0.2, -0.15) is 0 Å². The Morgan fingerprint density at radius 2 is 1.77 bits per heavy atom. The minimum atomic E-state index is -0.441. The van der Waals surface area contributed by atoms with E-state index in [1.165, 1.54) is 0 Å². The lowest BCUT2D eigenvalue weighted by molar-refractivity contribution is -0.148. The SMILES string of the molecule is CCCOC(=O)[C@@H](C)COc1c(-c2cccc3c2CCC3=O)ccc(OC)c1OC. The average molecular weight is 412 g/mol. The lowest BCUT2D eigenvalue weighted by Gasteiger charge is -2.20. The zero-order chi connectivity index (χ0) is 21.7. The highest BCUT2D eigenvalue weighted by Crippen LogP contribution is 2.46. The lowest BCUT2D eigenvalue weighted by Crippen LogP contribution is -2.22. The maximum absolute atomic E-state index is 12.2. The summed E-state index contributed by atoms with van der Waals surface area (Å²) in [5, 5.41) is 0. The van der Waals surface area contributed by atoms with Gasteiger partial charge in [-0.25, -0.2) is 0 Å². The van der Waals surface area contributed by atoms with Gasteiger partial charge in [-0.3, -0.25) is 9.59 Å². The molecule has 0 saturated heterocycles. The van der Waals surface area contributed by atoms with Crippen molar-refractivity contribution < 1.29 is 28.5 Å². The summed E-state index contributed by atoms with van der Waals surface area (Å²) in [6.45, 7) is 4.24. The molecule has 0 unspecified atom stereocenters. The molecule has 0 fully saturated rings. The van der Waals surface area contributed by atoms with E-state index < -0.39 is 5.92 Å². The normalized spacial score (nSPS) is 13.5. The van der Waals surface area contributed by atoms with E-state index in [1.807, 2.05) is 37.3 Å². The zero-order valence-electron chi connectivity index (χ0n) is 17.9. The van der Waals surface area contributed by atoms with Crippen LogP contribution in [0.4, 0.5) is 0 Å². The van der Waals surface area contributed by atoms with Crippen molar-refractivity contribution >= 4 is 11.8 Å². The third-order valence-electron chi connectivity index (χ3n) is 5.20. The largest absolute Gasteiger partial charge is 0.493 e. The first-order chi connectivity index (χ1) is 14.5. The molecule has 1 aliphatic carbocycles. The van der Waals surface area contributed by atoms with E-state index in [0.29, 0.717) is 36.7 Å². The number of ketones is 1. The van der Waals surface area contributed by atoms with Crippen molar-refractivity contribution in [3.63, 3.8) is 0 Å². The Kier molecular flexibility index (Phi) is 6.98. The maximum atomic E-state index is 12.2. The van der Waals surface area contributed by atoms with Gasteiger partial charge in [0.1, 0.15) is 6.61 Å². The van der Waals surface area contributed by atoms with Gasteiger partial charge in [0.25, 0.3) is 0 Å². The molecule has 0 bridgehead atoms. The Labute approximate surface area is 177 Å². The highest BCUT2D eigenvalue weighted by Gasteiger charge is 2.26. The second-order valence-electron chi connectivity index (χ2n) is 7.31. The Morgan fingerprint density at radius 1 is 1.00 bits per heavy atom. The molecule has 0 heterocycles. The molecule has 2 aromatic carbocycles. The van der Waals surface area contributed by atoms with Crippen LogP contribution in [-0.4, -0.2) is 39.2 Å². The van der Waals surface area contributed by atoms with Crippen LogP contribution in [0.2, 0.25) is 0 Å². The first-order valence-corrected chi connectivity index (χ1v) is 10.2. The quantitative estimate of drug-likeness (QED) is 0.566. The van der Waals surface area contributed by atoms with Crippen LogP contribution in [0.25, 0.3) is 11.1 Å². The van der Waals surface area contributed by atoms with Crippen LogP contribution in [0.1, 0.15) is 42.6 Å². The van der Waals surface area contributed by atoms with Crippen molar-refractivity contribution in [3.05, 3.63) is 41.5 Å². The van der Waals surface area contributed by atoms with Gasteiger partial charge in [0.15, 0.2) is 17.3 Å². The number of Topliss-reactive ketones (excluding diaryl/α,β-unsaturated/α-hetero) is 1. The number of rotatable bonds is 9. The van der Waals surface area contributed by atoms with Gasteiger partial charge >= 0.3 is 5.97 Å². The maximum Gasteiger partial charge on any atom is 0.312 e. The van der Waals surface area contributed by atoms with E-state index in [1.54, 1.807) is 21.1 Å². The number of carbonyl (C=O) groups excluding carboxylic acids is 2. The van der Waals surface area contributed by atoms with E-state index >= 15 is 0 Å². The third-order valence-corrected chi connectivity index (χ3v) is 5.20. The van der Waals surface area contributed by atoms with Crippen molar-refractivity contribution in [2.24, 2.45) is 5.92 Å². The molecule has 0 N–H and O–H groups in total. The number of esters is 1. The first kappa shape index (κ1) is 21.7. The molecular formula is C24H28O6. The Bertz CT molecular complexity index is 934. The molecule has 6 heteroatoms. The molecule has 1 atom stereocenters. The molecule has 160 valence electrons. The van der Waals surface area contributed by atoms with Crippen LogP contribution in [0.3, 0.4) is 0 Å². The number of carbonyl (C=O) groups is 2. The van der Waals surface area contributed by atoms with Crippen molar-refractivity contribution in [3.8, 4) is 28.4 Å². The molecule has 0 amide bonds. The van der Waals surface area contributed by atoms with Crippen LogP contribution in [0.5, 0.6) is 17.2 Å². The topological polar surface area (TPSA) is 71.1 Å². The summed E-state index contributed by atoms with van der Waals surface area (Å²) in [5.41, 5.74) is 3.49. The molecule has 0 aromatic heterocycles. The summed E-state index contributed by atoms with van der Waals surface area (Å²) in [6, 6.07) is 9.43. The van der Waals surface area contributed by atoms with Crippen LogP contribution in [0, 0.1) is 5.92 Å². The number of methoxy groups -OCH3 is 2. The number of hydrogen-bond donors (Lipinski definition) is 0. The zero-order valence-corrected chi connectivity index (χ0v) is 17.9. The van der Waals surface area contributed by atoms with E-state index in [-0.39, 0.29) is 18.4 Å². The predicted molar refractivity (Wildman–Crippen MR) is 114 cm³/mol. The standard InChI is InChI=1S/C24H28O6/c1-5-13-29-24(26)15(2)14-30-22-19(10-12-21(27-3)23(22)28-4)16-7-6-8-18-17(16)9-11-20(18)25/h6-8,10,12,15H,5,9,11,13-14H2,1-4H3/t15-/m0/s1. The van der Waals surface area contributed by atoms with E-state index in [2.05, 4.69) is 0 Å². The van der Waals surface area contributed by atoms with Crippen molar-refractivity contribution in [1.29, 1.82) is 0 Å². The van der Waals surface area contributed by atoms with Gasteiger partial charge in [-0.05, 0) is 43.0 Å². The molecule has 6 nitrogen and oxygen atoms in total. The Balaban J connectivity index is 1.99. The van der Waals surface area contributed by atoms with E-state index in [0.717, 1.165) is 28.7 Å². The van der Waals surface area contributed by atoms with Gasteiger partial charge in [-0.15, -0.1) is 0 Å². The molecule has 0 spiro atoms. The number of hydrogen-bond acceptors (Lipinski definition) is 6. The average Bonchev–Trinajstić information content (AvgIpc) is 3.15. The van der Waals surface area contributed by atoms with Crippen molar-refractivity contribution in [2.45, 2.75) is 33.1 Å². The molecule has 2 aromatic rings. The molecule has 30 heavy (non-hydrogen) atoms. The Hall–Kier alpha value is -3.02. The Morgan fingerprint density at radius 3 is 2.47 bits per heavy atom. The second-order valence-corrected chi connectivity index (χ2v) is 7.31.